The molecule has 4 aromatic heterocycles. The maximum Gasteiger partial charge on any atom is 0.164 e. The summed E-state index contributed by atoms with van der Waals surface area (Å²) >= 11 is 0. The molecule has 14 rings (SSSR count). The van der Waals surface area contributed by atoms with Crippen LogP contribution in [0.1, 0.15) is 0 Å². The van der Waals surface area contributed by atoms with Crippen LogP contribution in [-0.2, 0) is 0 Å². The van der Waals surface area contributed by atoms with Crippen molar-refractivity contribution in [3.05, 3.63) is 224 Å². The first-order valence-corrected chi connectivity index (χ1v) is 22.6. The fourth-order valence-electron chi connectivity index (χ4n) is 10.3. The second-order valence-electron chi connectivity index (χ2n) is 17.2. The lowest BCUT2D eigenvalue weighted by Gasteiger charge is -2.13. The molecule has 4 heterocycles. The van der Waals surface area contributed by atoms with Crippen molar-refractivity contribution < 1.29 is 4.42 Å². The number of hydrogen-bond acceptors (Lipinski definition) is 4. The highest BCUT2D eigenvalue weighted by molar-refractivity contribution is 6.16. The molecule has 0 aliphatic rings. The summed E-state index contributed by atoms with van der Waals surface area (Å²) in [6, 6.07) is 79.1. The maximum atomic E-state index is 6.78. The van der Waals surface area contributed by atoms with E-state index in [1.165, 1.54) is 21.5 Å². The highest BCUT2D eigenvalue weighted by atomic mass is 16.3. The molecule has 67 heavy (non-hydrogen) atoms. The van der Waals surface area contributed by atoms with Crippen LogP contribution in [0.25, 0.3) is 133 Å². The Labute approximate surface area is 384 Å². The van der Waals surface area contributed by atoms with E-state index < -0.39 is 0 Å². The third-order valence-corrected chi connectivity index (χ3v) is 13.3. The summed E-state index contributed by atoms with van der Waals surface area (Å²) < 4.78 is 11.5. The number of furan rings is 1. The predicted octanol–water partition coefficient (Wildman–Crippen LogP) is 15.8. The molecule has 10 aromatic carbocycles. The molecular formula is C61H37N5O. The Morgan fingerprint density at radius 1 is 0.299 bits per heavy atom. The van der Waals surface area contributed by atoms with Crippen molar-refractivity contribution in [1.82, 2.24) is 24.1 Å². The molecule has 6 nitrogen and oxygen atoms in total. The Hall–Kier alpha value is -9.13. The van der Waals surface area contributed by atoms with Crippen LogP contribution >= 0.6 is 0 Å². The predicted molar refractivity (Wildman–Crippen MR) is 275 cm³/mol. The van der Waals surface area contributed by atoms with Gasteiger partial charge < -0.3 is 13.6 Å². The zero-order valence-electron chi connectivity index (χ0n) is 36.0. The molecule has 0 fully saturated rings. The Kier molecular flexibility index (Phi) is 8.18. The van der Waals surface area contributed by atoms with Gasteiger partial charge in [-0.1, -0.05) is 146 Å². The van der Waals surface area contributed by atoms with E-state index in [9.17, 15) is 0 Å². The number of aromatic nitrogens is 5. The van der Waals surface area contributed by atoms with Crippen molar-refractivity contribution in [2.24, 2.45) is 0 Å². The number of hydrogen-bond donors (Lipinski definition) is 0. The third kappa shape index (κ3) is 5.93. The van der Waals surface area contributed by atoms with Crippen LogP contribution in [0, 0.1) is 0 Å². The lowest BCUT2D eigenvalue weighted by atomic mass is 10.0. The minimum atomic E-state index is 0.557. The molecule has 0 atom stereocenters. The van der Waals surface area contributed by atoms with Gasteiger partial charge in [0, 0.05) is 60.8 Å². The minimum Gasteiger partial charge on any atom is -0.456 e. The Bertz CT molecular complexity index is 4280. The summed E-state index contributed by atoms with van der Waals surface area (Å²) in [5.74, 6) is 1.72. The van der Waals surface area contributed by atoms with Crippen LogP contribution < -0.4 is 0 Å². The highest BCUT2D eigenvalue weighted by Crippen LogP contribution is 2.42. The van der Waals surface area contributed by atoms with E-state index >= 15 is 0 Å². The lowest BCUT2D eigenvalue weighted by molar-refractivity contribution is 0.668. The fraction of sp³-hybridized carbons (Fsp3) is 0. The van der Waals surface area contributed by atoms with E-state index in [1.807, 2.05) is 18.2 Å². The first-order chi connectivity index (χ1) is 33.2. The molecule has 0 amide bonds. The van der Waals surface area contributed by atoms with Gasteiger partial charge in [-0.3, -0.25) is 0 Å². The van der Waals surface area contributed by atoms with Crippen molar-refractivity contribution in [1.29, 1.82) is 0 Å². The minimum absolute atomic E-state index is 0.557. The van der Waals surface area contributed by atoms with Crippen molar-refractivity contribution >= 4 is 76.3 Å². The van der Waals surface area contributed by atoms with Gasteiger partial charge in [0.25, 0.3) is 0 Å². The second kappa shape index (κ2) is 14.7. The van der Waals surface area contributed by atoms with Gasteiger partial charge in [-0.25, -0.2) is 15.0 Å². The average Bonchev–Trinajstić information content (AvgIpc) is 4.05. The molecule has 0 radical (unpaired) electrons. The molecule has 14 aromatic rings. The molecular weight excluding hydrogens is 819 g/mol. The van der Waals surface area contributed by atoms with Crippen LogP contribution in [0.3, 0.4) is 0 Å². The largest absolute Gasteiger partial charge is 0.456 e. The molecule has 6 heteroatoms. The van der Waals surface area contributed by atoms with E-state index in [0.29, 0.717) is 17.5 Å². The van der Waals surface area contributed by atoms with Gasteiger partial charge >= 0.3 is 0 Å². The summed E-state index contributed by atoms with van der Waals surface area (Å²) in [5, 5.41) is 8.98. The van der Waals surface area contributed by atoms with Crippen LogP contribution in [0.4, 0.5) is 0 Å². The zero-order chi connectivity index (χ0) is 44.0. The monoisotopic (exact) mass is 855 g/mol. The van der Waals surface area contributed by atoms with Crippen molar-refractivity contribution in [2.45, 2.75) is 0 Å². The molecule has 0 bridgehead atoms. The molecule has 0 saturated heterocycles. The summed E-state index contributed by atoms with van der Waals surface area (Å²) in [5.41, 5.74) is 12.9. The third-order valence-electron chi connectivity index (χ3n) is 13.3. The summed E-state index contributed by atoms with van der Waals surface area (Å²) in [7, 11) is 0. The number of nitrogens with zero attached hydrogens (tertiary/aromatic N) is 5. The summed E-state index contributed by atoms with van der Waals surface area (Å²) in [4.78, 5) is 16.3. The average molecular weight is 856 g/mol. The van der Waals surface area contributed by atoms with Crippen LogP contribution in [0.5, 0.6) is 0 Å². The van der Waals surface area contributed by atoms with Crippen LogP contribution in [0.15, 0.2) is 229 Å². The molecule has 0 aliphatic heterocycles. The van der Waals surface area contributed by atoms with E-state index in [-0.39, 0.29) is 0 Å². The van der Waals surface area contributed by atoms with Crippen molar-refractivity contribution in [2.75, 3.05) is 0 Å². The number of benzene rings is 10. The standard InChI is InChI=1S/C61H37N5O/c1-3-16-38(17-4-1)39-20-15-21-42(32-39)59-62-60(43-30-31-54-49(34-43)46-24-9-12-27-52(46)65(54)44-22-5-2-6-23-44)64-61(63-59)51-36-45(37-57-58(51)48-26-11-14-29-56(48)67-57)66-53-28-13-10-25-47(53)50-33-40-18-7-8-19-41(40)35-55(50)66/h1-37H. The Balaban J connectivity index is 1.05. The molecule has 0 saturated carbocycles. The van der Waals surface area contributed by atoms with Gasteiger partial charge in [-0.05, 0) is 94.7 Å². The summed E-state index contributed by atoms with van der Waals surface area (Å²) in [6.07, 6.45) is 0. The van der Waals surface area contributed by atoms with E-state index in [2.05, 4.69) is 215 Å². The van der Waals surface area contributed by atoms with Crippen molar-refractivity contribution in [3.8, 4) is 56.7 Å². The first kappa shape index (κ1) is 37.3. The maximum absolute atomic E-state index is 6.78. The van der Waals surface area contributed by atoms with Gasteiger partial charge in [-0.2, -0.15) is 0 Å². The molecule has 312 valence electrons. The highest BCUT2D eigenvalue weighted by Gasteiger charge is 2.23. The molecule has 0 spiro atoms. The number of fused-ring (bicyclic) bond motifs is 10. The van der Waals surface area contributed by atoms with Gasteiger partial charge in [0.2, 0.25) is 0 Å². The SMILES string of the molecule is c1ccc(-c2cccc(-c3nc(-c4ccc5c(c4)c4ccccc4n5-c4ccccc4)nc(-c4cc(-n5c6ccccc6c6cc7ccccc7cc65)cc5oc6ccccc6c45)n3)c2)cc1. The molecule has 0 aliphatic carbocycles. The van der Waals surface area contributed by atoms with Crippen LogP contribution in [0.2, 0.25) is 0 Å². The fourth-order valence-corrected chi connectivity index (χ4v) is 10.3. The van der Waals surface area contributed by atoms with Crippen LogP contribution in [-0.4, -0.2) is 24.1 Å². The smallest absolute Gasteiger partial charge is 0.164 e. The number of rotatable bonds is 6. The molecule has 0 N–H and O–H groups in total. The summed E-state index contributed by atoms with van der Waals surface area (Å²) in [6.45, 7) is 0. The van der Waals surface area contributed by atoms with Gasteiger partial charge in [0.1, 0.15) is 11.2 Å². The van der Waals surface area contributed by atoms with Gasteiger partial charge in [0.15, 0.2) is 17.5 Å². The van der Waals surface area contributed by atoms with E-state index in [0.717, 1.165) is 94.0 Å². The quantitative estimate of drug-likeness (QED) is 0.167. The van der Waals surface area contributed by atoms with E-state index in [4.69, 9.17) is 19.4 Å². The number of para-hydroxylation sites is 4. The lowest BCUT2D eigenvalue weighted by Crippen LogP contribution is -2.02. The topological polar surface area (TPSA) is 61.7 Å². The van der Waals surface area contributed by atoms with Gasteiger partial charge in [-0.15, -0.1) is 0 Å². The first-order valence-electron chi connectivity index (χ1n) is 22.6. The van der Waals surface area contributed by atoms with Gasteiger partial charge in [0.05, 0.1) is 27.8 Å². The second-order valence-corrected chi connectivity index (χ2v) is 17.2. The normalized spacial score (nSPS) is 11.9. The molecule has 0 unspecified atom stereocenters. The van der Waals surface area contributed by atoms with Crippen molar-refractivity contribution in [3.63, 3.8) is 0 Å². The Morgan fingerprint density at radius 3 is 1.61 bits per heavy atom. The zero-order valence-corrected chi connectivity index (χ0v) is 36.0. The Morgan fingerprint density at radius 2 is 0.851 bits per heavy atom. The van der Waals surface area contributed by atoms with E-state index in [1.54, 1.807) is 0 Å².